The molecule has 3 heterocycles. The smallest absolute Gasteiger partial charge is 0.255 e. The topological polar surface area (TPSA) is 94.0 Å². The van der Waals surface area contributed by atoms with E-state index in [9.17, 15) is 4.79 Å². The minimum Gasteiger partial charge on any atom is -0.494 e. The van der Waals surface area contributed by atoms with Crippen LogP contribution in [0.5, 0.6) is 5.75 Å². The minimum absolute atomic E-state index is 0.247. The number of fused-ring (bicyclic) bond motifs is 1. The van der Waals surface area contributed by atoms with Crippen molar-refractivity contribution in [3.8, 4) is 5.75 Å². The van der Waals surface area contributed by atoms with Gasteiger partial charge in [0, 0.05) is 22.7 Å². The van der Waals surface area contributed by atoms with Crippen LogP contribution in [-0.4, -0.2) is 32.3 Å². The Morgan fingerprint density at radius 3 is 2.70 bits per heavy atom. The van der Waals surface area contributed by atoms with E-state index in [1.54, 1.807) is 29.2 Å². The third-order valence-electron chi connectivity index (χ3n) is 5.82. The molecule has 0 fully saturated rings. The van der Waals surface area contributed by atoms with Crippen molar-refractivity contribution in [1.29, 1.82) is 0 Å². The normalized spacial score (nSPS) is 14.6. The van der Waals surface area contributed by atoms with Crippen LogP contribution in [0.25, 0.3) is 0 Å². The van der Waals surface area contributed by atoms with Gasteiger partial charge in [-0.3, -0.25) is 9.78 Å². The number of aromatic nitrogens is 4. The molecule has 5 rings (SSSR count). The highest BCUT2D eigenvalue weighted by Gasteiger charge is 2.34. The fraction of sp³-hybridized carbons (Fsp3) is 0.185. The molecule has 1 aliphatic heterocycles. The van der Waals surface area contributed by atoms with Crippen LogP contribution in [-0.2, 0) is 10.5 Å². The molecule has 0 radical (unpaired) electrons. The van der Waals surface area contributed by atoms with Gasteiger partial charge in [0.1, 0.15) is 11.8 Å². The maximum atomic E-state index is 13.6. The van der Waals surface area contributed by atoms with Gasteiger partial charge < -0.3 is 15.4 Å². The number of carbonyl (C=O) groups excluding carboxylic acids is 1. The summed E-state index contributed by atoms with van der Waals surface area (Å²) in [5.41, 5.74) is 3.73. The van der Waals surface area contributed by atoms with Crippen LogP contribution in [0, 0.1) is 0 Å². The monoisotopic (exact) mass is 532 g/mol. The zero-order chi connectivity index (χ0) is 25.8. The molecule has 0 saturated carbocycles. The van der Waals surface area contributed by atoms with Gasteiger partial charge in [-0.2, -0.15) is 4.98 Å². The lowest BCUT2D eigenvalue weighted by Crippen LogP contribution is -2.31. The number of anilines is 2. The van der Waals surface area contributed by atoms with E-state index < -0.39 is 6.04 Å². The summed E-state index contributed by atoms with van der Waals surface area (Å²) in [5, 5.41) is 12.3. The number of ether oxygens (including phenoxy) is 1. The summed E-state index contributed by atoms with van der Waals surface area (Å²) in [5.74, 6) is 1.70. The number of hydrogen-bond acceptors (Lipinski definition) is 7. The Bertz CT molecular complexity index is 1440. The predicted molar refractivity (Wildman–Crippen MR) is 146 cm³/mol. The molecule has 1 amide bonds. The second-order valence-electron chi connectivity index (χ2n) is 8.31. The van der Waals surface area contributed by atoms with Crippen LogP contribution < -0.4 is 15.4 Å². The van der Waals surface area contributed by atoms with Gasteiger partial charge in [0.15, 0.2) is 0 Å². The maximum Gasteiger partial charge on any atom is 0.255 e. The number of thioether (sulfide) groups is 1. The Kier molecular flexibility index (Phi) is 7.43. The number of nitrogens with one attached hydrogen (secondary N) is 2. The lowest BCUT2D eigenvalue weighted by Gasteiger charge is -2.28. The van der Waals surface area contributed by atoms with Crippen LogP contribution in [0.3, 0.4) is 0 Å². The van der Waals surface area contributed by atoms with Crippen molar-refractivity contribution in [3.63, 3.8) is 0 Å². The Morgan fingerprint density at radius 2 is 1.97 bits per heavy atom. The standard InChI is InChI=1S/C27H25ClN6O2S/c1-3-36-21-12-10-18(11-13-21)24-23(25(35)31-20-8-6-14-29-15-20)17(2)30-26-32-27(33-34(24)26)37-16-19-7-4-5-9-22(19)28/h4-15,24H,3,16H2,1-2H3,(H,31,35)(H,30,32,33)/t24-/m1/s1. The number of rotatable bonds is 8. The molecule has 0 saturated heterocycles. The summed E-state index contributed by atoms with van der Waals surface area (Å²) >= 11 is 7.82. The number of pyridine rings is 1. The Hall–Kier alpha value is -3.82. The third-order valence-corrected chi connectivity index (χ3v) is 7.07. The largest absolute Gasteiger partial charge is 0.494 e. The van der Waals surface area contributed by atoms with E-state index in [0.29, 0.717) is 45.4 Å². The van der Waals surface area contributed by atoms with Crippen LogP contribution in [0.4, 0.5) is 11.6 Å². The van der Waals surface area contributed by atoms with Gasteiger partial charge in [-0.05, 0) is 55.3 Å². The van der Waals surface area contributed by atoms with Crippen LogP contribution in [0.2, 0.25) is 5.02 Å². The average Bonchev–Trinajstić information content (AvgIpc) is 3.31. The number of carbonyl (C=O) groups is 1. The van der Waals surface area contributed by atoms with Crippen molar-refractivity contribution in [1.82, 2.24) is 19.7 Å². The van der Waals surface area contributed by atoms with E-state index in [4.69, 9.17) is 26.4 Å². The Morgan fingerprint density at radius 1 is 1.16 bits per heavy atom. The highest BCUT2D eigenvalue weighted by Crippen LogP contribution is 2.37. The van der Waals surface area contributed by atoms with Crippen molar-refractivity contribution in [2.45, 2.75) is 30.8 Å². The van der Waals surface area contributed by atoms with Gasteiger partial charge in [0.2, 0.25) is 11.1 Å². The molecule has 2 aromatic heterocycles. The Balaban J connectivity index is 1.49. The van der Waals surface area contributed by atoms with Gasteiger partial charge in [-0.25, -0.2) is 4.68 Å². The van der Waals surface area contributed by atoms with Gasteiger partial charge in [-0.15, -0.1) is 5.10 Å². The summed E-state index contributed by atoms with van der Waals surface area (Å²) in [7, 11) is 0. The first kappa shape index (κ1) is 24.9. The van der Waals surface area contributed by atoms with Crippen molar-refractivity contribution < 1.29 is 9.53 Å². The first-order valence-corrected chi connectivity index (χ1v) is 13.1. The molecule has 10 heteroatoms. The summed E-state index contributed by atoms with van der Waals surface area (Å²) in [6, 6.07) is 18.5. The molecule has 0 spiro atoms. The van der Waals surface area contributed by atoms with E-state index in [1.165, 1.54) is 11.8 Å². The highest BCUT2D eigenvalue weighted by molar-refractivity contribution is 7.98. The van der Waals surface area contributed by atoms with Crippen LogP contribution in [0.1, 0.15) is 31.0 Å². The molecule has 1 aliphatic rings. The van der Waals surface area contributed by atoms with E-state index in [1.807, 2.05) is 62.4 Å². The third kappa shape index (κ3) is 5.47. The molecule has 2 N–H and O–H groups in total. The van der Waals surface area contributed by atoms with Crippen LogP contribution in [0.15, 0.2) is 89.5 Å². The molecule has 37 heavy (non-hydrogen) atoms. The van der Waals surface area contributed by atoms with E-state index in [-0.39, 0.29) is 5.91 Å². The van der Waals surface area contributed by atoms with Gasteiger partial charge in [0.25, 0.3) is 5.91 Å². The summed E-state index contributed by atoms with van der Waals surface area (Å²) in [4.78, 5) is 22.4. The molecule has 8 nitrogen and oxygen atoms in total. The molecule has 0 unspecified atom stereocenters. The lowest BCUT2D eigenvalue weighted by molar-refractivity contribution is -0.113. The zero-order valence-corrected chi connectivity index (χ0v) is 21.9. The summed E-state index contributed by atoms with van der Waals surface area (Å²) in [6.07, 6.45) is 3.27. The van der Waals surface area contributed by atoms with Gasteiger partial charge >= 0.3 is 0 Å². The first-order valence-electron chi connectivity index (χ1n) is 11.8. The predicted octanol–water partition coefficient (Wildman–Crippen LogP) is 5.95. The number of allylic oxidation sites excluding steroid dienone is 1. The lowest BCUT2D eigenvalue weighted by atomic mass is 9.95. The quantitative estimate of drug-likeness (QED) is 0.271. The molecule has 2 aromatic carbocycles. The SMILES string of the molecule is CCOc1ccc([C@@H]2C(C(=O)Nc3cccnc3)=C(C)Nc3nc(SCc4ccccc4Cl)nn32)cc1. The van der Waals surface area contributed by atoms with Crippen molar-refractivity contribution >= 4 is 40.9 Å². The molecule has 188 valence electrons. The van der Waals surface area contributed by atoms with Gasteiger partial charge in [0.05, 0.1) is 24.1 Å². The number of hydrogen-bond donors (Lipinski definition) is 2. The molecular weight excluding hydrogens is 508 g/mol. The summed E-state index contributed by atoms with van der Waals surface area (Å²) in [6.45, 7) is 4.38. The average molecular weight is 533 g/mol. The fourth-order valence-corrected chi connectivity index (χ4v) is 5.22. The minimum atomic E-state index is -0.495. The van der Waals surface area contributed by atoms with Crippen molar-refractivity contribution in [3.05, 3.63) is 100 Å². The van der Waals surface area contributed by atoms with E-state index in [0.717, 1.165) is 16.9 Å². The number of amides is 1. The maximum absolute atomic E-state index is 13.6. The van der Waals surface area contributed by atoms with E-state index in [2.05, 4.69) is 15.6 Å². The number of nitrogens with zero attached hydrogens (tertiary/aromatic N) is 4. The summed E-state index contributed by atoms with van der Waals surface area (Å²) < 4.78 is 7.38. The van der Waals surface area contributed by atoms with Gasteiger partial charge in [-0.1, -0.05) is 53.7 Å². The molecule has 0 aliphatic carbocycles. The zero-order valence-electron chi connectivity index (χ0n) is 20.3. The molecule has 1 atom stereocenters. The number of benzene rings is 2. The molecule has 0 bridgehead atoms. The van der Waals surface area contributed by atoms with Crippen molar-refractivity contribution in [2.75, 3.05) is 17.2 Å². The fourth-order valence-electron chi connectivity index (χ4n) is 4.10. The molecule has 4 aromatic rings. The first-order chi connectivity index (χ1) is 18.0. The highest BCUT2D eigenvalue weighted by atomic mass is 35.5. The second kappa shape index (κ2) is 11.1. The Labute approximate surface area is 224 Å². The second-order valence-corrected chi connectivity index (χ2v) is 9.66. The van der Waals surface area contributed by atoms with Crippen LogP contribution >= 0.6 is 23.4 Å². The number of halogens is 1. The van der Waals surface area contributed by atoms with E-state index >= 15 is 0 Å². The molecular formula is C27H25ClN6O2S. The van der Waals surface area contributed by atoms with Crippen molar-refractivity contribution in [2.24, 2.45) is 0 Å².